The van der Waals surface area contributed by atoms with E-state index in [9.17, 15) is 10.1 Å². The van der Waals surface area contributed by atoms with Gasteiger partial charge in [0.2, 0.25) is 5.75 Å². The molecule has 2 N–H and O–H groups in total. The number of hydrogen-bond acceptors (Lipinski definition) is 4. The molecule has 0 aliphatic heterocycles. The molecule has 0 fully saturated rings. The van der Waals surface area contributed by atoms with E-state index < -0.39 is 16.4 Å². The van der Waals surface area contributed by atoms with E-state index in [0.29, 0.717) is 0 Å². The van der Waals surface area contributed by atoms with Gasteiger partial charge in [0.05, 0.1) is 14.6 Å². The lowest BCUT2D eigenvalue weighted by molar-refractivity contribution is -0.386. The normalized spacial score (nSPS) is 9.75. The summed E-state index contributed by atoms with van der Waals surface area (Å²) in [6.45, 7) is 0. The lowest BCUT2D eigenvalue weighted by Gasteiger charge is -1.98. The first-order chi connectivity index (χ1) is 5.52. The molecular weight excluding hydrogens is 277 g/mol. The van der Waals surface area contributed by atoms with Crippen LogP contribution in [0.4, 0.5) is 5.69 Å². The van der Waals surface area contributed by atoms with E-state index in [4.69, 9.17) is 10.2 Å². The van der Waals surface area contributed by atoms with Crippen LogP contribution in [-0.4, -0.2) is 15.1 Å². The van der Waals surface area contributed by atoms with Crippen LogP contribution < -0.4 is 0 Å². The lowest BCUT2D eigenvalue weighted by atomic mass is 10.3. The predicted molar refractivity (Wildman–Crippen MR) is 49.1 cm³/mol. The van der Waals surface area contributed by atoms with Crippen molar-refractivity contribution < 1.29 is 15.1 Å². The minimum atomic E-state index is -0.753. The summed E-state index contributed by atoms with van der Waals surface area (Å²) >= 11 is 1.69. The van der Waals surface area contributed by atoms with Crippen LogP contribution in [0.15, 0.2) is 12.1 Å². The number of hydrogen-bond donors (Lipinski definition) is 2. The Balaban J connectivity index is 3.37. The largest absolute Gasteiger partial charge is 0.508 e. The molecule has 0 aliphatic rings. The maximum atomic E-state index is 10.3. The van der Waals surface area contributed by atoms with Gasteiger partial charge < -0.3 is 10.2 Å². The SMILES string of the molecule is O=[N+]([O-])c1cc(O)cc(I)c1O. The number of aromatic hydroxyl groups is 2. The smallest absolute Gasteiger partial charge is 0.315 e. The van der Waals surface area contributed by atoms with E-state index in [0.717, 1.165) is 6.07 Å². The maximum absolute atomic E-state index is 10.3. The second kappa shape index (κ2) is 3.13. The monoisotopic (exact) mass is 281 g/mol. The number of halogens is 1. The van der Waals surface area contributed by atoms with Gasteiger partial charge in [-0.1, -0.05) is 0 Å². The van der Waals surface area contributed by atoms with E-state index in [1.165, 1.54) is 6.07 Å². The van der Waals surface area contributed by atoms with E-state index in [1.807, 2.05) is 0 Å². The minimum absolute atomic E-state index is 0.232. The number of nitro groups is 1. The third-order valence-corrected chi connectivity index (χ3v) is 2.05. The number of nitrogens with zero attached hydrogens (tertiary/aromatic N) is 1. The number of rotatable bonds is 1. The van der Waals surface area contributed by atoms with E-state index in [1.54, 1.807) is 22.6 Å². The van der Waals surface area contributed by atoms with Crippen LogP contribution >= 0.6 is 22.6 Å². The zero-order valence-corrected chi connectivity index (χ0v) is 7.85. The fourth-order valence-electron chi connectivity index (χ4n) is 0.710. The maximum Gasteiger partial charge on any atom is 0.315 e. The van der Waals surface area contributed by atoms with Crippen molar-refractivity contribution in [3.63, 3.8) is 0 Å². The first-order valence-corrected chi connectivity index (χ1v) is 3.96. The Kier molecular flexibility index (Phi) is 2.36. The minimum Gasteiger partial charge on any atom is -0.508 e. The summed E-state index contributed by atoms with van der Waals surface area (Å²) in [5, 5.41) is 28.3. The Morgan fingerprint density at radius 3 is 2.50 bits per heavy atom. The summed E-state index contributed by atoms with van der Waals surface area (Å²) in [4.78, 5) is 9.50. The number of benzene rings is 1. The van der Waals surface area contributed by atoms with Gasteiger partial charge in [-0.15, -0.1) is 0 Å². The van der Waals surface area contributed by atoms with Crippen molar-refractivity contribution in [2.75, 3.05) is 0 Å². The molecule has 0 unspecified atom stereocenters. The third kappa shape index (κ3) is 1.58. The molecule has 0 aromatic heterocycles. The van der Waals surface area contributed by atoms with Gasteiger partial charge in [-0.2, -0.15) is 0 Å². The van der Waals surface area contributed by atoms with Crippen LogP contribution in [0.2, 0.25) is 0 Å². The Hall–Kier alpha value is -1.05. The van der Waals surface area contributed by atoms with Crippen molar-refractivity contribution in [3.05, 3.63) is 25.8 Å². The molecule has 6 heteroatoms. The zero-order chi connectivity index (χ0) is 9.30. The number of phenols is 2. The highest BCUT2D eigenvalue weighted by Gasteiger charge is 2.17. The lowest BCUT2D eigenvalue weighted by Crippen LogP contribution is -1.89. The zero-order valence-electron chi connectivity index (χ0n) is 5.69. The molecular formula is C6H4INO4. The van der Waals surface area contributed by atoms with Crippen LogP contribution in [0, 0.1) is 13.7 Å². The van der Waals surface area contributed by atoms with Crippen LogP contribution in [0.3, 0.4) is 0 Å². The molecule has 0 saturated carbocycles. The molecule has 0 bridgehead atoms. The molecule has 5 nitrogen and oxygen atoms in total. The highest BCUT2D eigenvalue weighted by Crippen LogP contribution is 2.34. The summed E-state index contributed by atoms with van der Waals surface area (Å²) in [7, 11) is 0. The summed E-state index contributed by atoms with van der Waals surface area (Å²) in [5.41, 5.74) is -0.487. The molecule has 0 aliphatic carbocycles. The molecule has 64 valence electrons. The molecule has 12 heavy (non-hydrogen) atoms. The Morgan fingerprint density at radius 2 is 2.00 bits per heavy atom. The van der Waals surface area contributed by atoms with Gasteiger partial charge >= 0.3 is 5.69 Å². The Bertz CT molecular complexity index is 339. The molecule has 0 atom stereocenters. The summed E-state index contributed by atoms with van der Waals surface area (Å²) in [5.74, 6) is -0.651. The third-order valence-electron chi connectivity index (χ3n) is 1.22. The van der Waals surface area contributed by atoms with Crippen molar-refractivity contribution >= 4 is 28.3 Å². The fraction of sp³-hybridized carbons (Fsp3) is 0. The first kappa shape index (κ1) is 9.04. The molecule has 0 heterocycles. The van der Waals surface area contributed by atoms with Gasteiger partial charge in [0.25, 0.3) is 0 Å². The van der Waals surface area contributed by atoms with Gasteiger partial charge in [0.15, 0.2) is 0 Å². The summed E-state index contributed by atoms with van der Waals surface area (Å²) in [6, 6.07) is 2.14. The number of phenolic OH excluding ortho intramolecular Hbond substituents is 2. The van der Waals surface area contributed by atoms with Crippen molar-refractivity contribution in [2.24, 2.45) is 0 Å². The quantitative estimate of drug-likeness (QED) is 0.354. The van der Waals surface area contributed by atoms with E-state index in [-0.39, 0.29) is 9.32 Å². The molecule has 0 saturated heterocycles. The predicted octanol–water partition coefficient (Wildman–Crippen LogP) is 1.61. The second-order valence-electron chi connectivity index (χ2n) is 2.05. The number of nitro benzene ring substituents is 1. The Labute approximate surface area is 80.9 Å². The molecule has 1 rings (SSSR count). The highest BCUT2D eigenvalue weighted by atomic mass is 127. The van der Waals surface area contributed by atoms with E-state index in [2.05, 4.69) is 0 Å². The van der Waals surface area contributed by atoms with Gasteiger partial charge in [-0.25, -0.2) is 0 Å². The van der Waals surface area contributed by atoms with Crippen molar-refractivity contribution in [1.82, 2.24) is 0 Å². The molecule has 0 radical (unpaired) electrons. The van der Waals surface area contributed by atoms with Gasteiger partial charge in [-0.3, -0.25) is 10.1 Å². The first-order valence-electron chi connectivity index (χ1n) is 2.88. The van der Waals surface area contributed by atoms with Gasteiger partial charge in [0.1, 0.15) is 5.75 Å². The van der Waals surface area contributed by atoms with Crippen LogP contribution in [0.25, 0.3) is 0 Å². The summed E-state index contributed by atoms with van der Waals surface area (Å²) < 4.78 is 0.249. The van der Waals surface area contributed by atoms with Gasteiger partial charge in [0, 0.05) is 0 Å². The van der Waals surface area contributed by atoms with Gasteiger partial charge in [-0.05, 0) is 28.7 Å². The topological polar surface area (TPSA) is 83.6 Å². The van der Waals surface area contributed by atoms with Crippen LogP contribution in [0.5, 0.6) is 11.5 Å². The average Bonchev–Trinajstić information content (AvgIpc) is 1.96. The van der Waals surface area contributed by atoms with E-state index >= 15 is 0 Å². The van der Waals surface area contributed by atoms with Crippen molar-refractivity contribution in [1.29, 1.82) is 0 Å². The van der Waals surface area contributed by atoms with Crippen LogP contribution in [-0.2, 0) is 0 Å². The fourth-order valence-corrected chi connectivity index (χ4v) is 1.31. The second-order valence-corrected chi connectivity index (χ2v) is 3.21. The Morgan fingerprint density at radius 1 is 1.42 bits per heavy atom. The van der Waals surface area contributed by atoms with Crippen molar-refractivity contribution in [2.45, 2.75) is 0 Å². The molecule has 1 aromatic rings. The molecule has 1 aromatic carbocycles. The summed E-state index contributed by atoms with van der Waals surface area (Å²) in [6.07, 6.45) is 0. The average molecular weight is 281 g/mol. The molecule has 0 amide bonds. The van der Waals surface area contributed by atoms with Crippen LogP contribution in [0.1, 0.15) is 0 Å². The standard InChI is InChI=1S/C6H4INO4/c7-4-1-3(9)2-5(6(4)10)8(11)12/h1-2,9-10H. The highest BCUT2D eigenvalue weighted by molar-refractivity contribution is 14.1. The van der Waals surface area contributed by atoms with Crippen molar-refractivity contribution in [3.8, 4) is 11.5 Å². The molecule has 0 spiro atoms.